The molecule has 0 N–H and O–H groups in total. The molecule has 0 radical (unpaired) electrons. The molecule has 0 bridgehead atoms. The fourth-order valence-corrected chi connectivity index (χ4v) is 2.64. The lowest BCUT2D eigenvalue weighted by Gasteiger charge is -2.23. The number of hydrogen-bond acceptors (Lipinski definition) is 2. The number of nitrogens with zero attached hydrogens (tertiary/aromatic N) is 3. The second kappa shape index (κ2) is 8.11. The molecule has 1 aromatic carbocycles. The van der Waals surface area contributed by atoms with Crippen molar-refractivity contribution in [3.05, 3.63) is 65.5 Å². The van der Waals surface area contributed by atoms with E-state index < -0.39 is 0 Å². The number of imidazole rings is 1. The minimum absolute atomic E-state index is 0.0216. The van der Waals surface area contributed by atoms with Gasteiger partial charge in [-0.05, 0) is 12.1 Å². The Morgan fingerprint density at radius 1 is 1.50 bits per heavy atom. The lowest BCUT2D eigenvalue weighted by molar-refractivity contribution is -0.134. The van der Waals surface area contributed by atoms with Crippen molar-refractivity contribution in [1.29, 1.82) is 0 Å². The Morgan fingerprint density at radius 2 is 2.25 bits per heavy atom. The maximum absolute atomic E-state index is 14.0. The number of aromatic nitrogens is 2. The zero-order valence-electron chi connectivity index (χ0n) is 13.9. The Labute approximate surface area is 146 Å². The van der Waals surface area contributed by atoms with E-state index in [9.17, 15) is 9.18 Å². The molecular weight excluding hydrogens is 329 g/mol. The molecule has 24 heavy (non-hydrogen) atoms. The first kappa shape index (κ1) is 18.2. The predicted octanol–water partition coefficient (Wildman–Crippen LogP) is 3.89. The van der Waals surface area contributed by atoms with Crippen LogP contribution in [-0.4, -0.2) is 26.9 Å². The molecule has 0 atom stereocenters. The molecule has 0 aliphatic rings. The summed E-state index contributed by atoms with van der Waals surface area (Å²) in [5, 5.41) is 0.371. The summed E-state index contributed by atoms with van der Waals surface area (Å²) < 4.78 is 15.8. The zero-order chi connectivity index (χ0) is 17.7. The van der Waals surface area contributed by atoms with E-state index in [1.54, 1.807) is 40.1 Å². The van der Waals surface area contributed by atoms with Crippen LogP contribution in [0.3, 0.4) is 0 Å². The first-order valence-corrected chi connectivity index (χ1v) is 8.14. The van der Waals surface area contributed by atoms with Crippen molar-refractivity contribution in [2.45, 2.75) is 26.9 Å². The van der Waals surface area contributed by atoms with Crippen LogP contribution in [-0.2, 0) is 17.9 Å². The van der Waals surface area contributed by atoms with Crippen LogP contribution in [0.25, 0.3) is 0 Å². The van der Waals surface area contributed by atoms with Crippen molar-refractivity contribution in [1.82, 2.24) is 14.5 Å². The number of hydrogen-bond donors (Lipinski definition) is 0. The Morgan fingerprint density at radius 3 is 2.88 bits per heavy atom. The van der Waals surface area contributed by atoms with Gasteiger partial charge in [-0.25, -0.2) is 9.37 Å². The average Bonchev–Trinajstić information content (AvgIpc) is 2.97. The molecule has 0 fully saturated rings. The van der Waals surface area contributed by atoms with Gasteiger partial charge < -0.3 is 9.47 Å². The van der Waals surface area contributed by atoms with Crippen molar-refractivity contribution in [2.75, 3.05) is 6.54 Å². The molecule has 1 amide bonds. The maximum atomic E-state index is 14.0. The van der Waals surface area contributed by atoms with E-state index in [1.165, 1.54) is 6.07 Å². The third-order valence-corrected chi connectivity index (χ3v) is 4.03. The number of carbonyl (C=O) groups excluding carboxylic acids is 1. The maximum Gasteiger partial charge on any atom is 0.225 e. The SMILES string of the molecule is C=CCN(Cc1nccn1Cc1c(F)cccc1Cl)C(=O)C(C)C. The molecule has 0 aliphatic carbocycles. The van der Waals surface area contributed by atoms with Gasteiger partial charge in [0.05, 0.1) is 13.1 Å². The van der Waals surface area contributed by atoms with Crippen molar-refractivity contribution in [3.63, 3.8) is 0 Å². The van der Waals surface area contributed by atoms with Crippen LogP contribution in [0.1, 0.15) is 25.2 Å². The second-order valence-electron chi connectivity index (χ2n) is 5.83. The van der Waals surface area contributed by atoms with Crippen LogP contribution in [0.2, 0.25) is 5.02 Å². The Kier molecular flexibility index (Phi) is 6.15. The van der Waals surface area contributed by atoms with Crippen LogP contribution in [0.15, 0.2) is 43.2 Å². The highest BCUT2D eigenvalue weighted by Gasteiger charge is 2.19. The average molecular weight is 350 g/mol. The fourth-order valence-electron chi connectivity index (χ4n) is 2.41. The van der Waals surface area contributed by atoms with E-state index in [0.29, 0.717) is 29.5 Å². The standard InChI is InChI=1S/C18H21ClFN3O/c1-4-9-23(18(24)13(2)3)12-17-21-8-10-22(17)11-14-15(19)6-5-7-16(14)20/h4-8,10,13H,1,9,11-12H2,2-3H3. The number of amides is 1. The van der Waals surface area contributed by atoms with Crippen molar-refractivity contribution in [2.24, 2.45) is 5.92 Å². The number of rotatable bonds is 7. The number of benzene rings is 1. The normalized spacial score (nSPS) is 10.9. The van der Waals surface area contributed by atoms with Crippen molar-refractivity contribution >= 4 is 17.5 Å². The van der Waals surface area contributed by atoms with E-state index in [0.717, 1.165) is 0 Å². The molecule has 0 unspecified atom stereocenters. The second-order valence-corrected chi connectivity index (χ2v) is 6.24. The van der Waals surface area contributed by atoms with E-state index >= 15 is 0 Å². The monoisotopic (exact) mass is 349 g/mol. The first-order chi connectivity index (χ1) is 11.4. The smallest absolute Gasteiger partial charge is 0.225 e. The Hall–Kier alpha value is -2.14. The molecule has 0 saturated carbocycles. The summed E-state index contributed by atoms with van der Waals surface area (Å²) in [7, 11) is 0. The van der Waals surface area contributed by atoms with Crippen LogP contribution < -0.4 is 0 Å². The van der Waals surface area contributed by atoms with Crippen LogP contribution >= 0.6 is 11.6 Å². The van der Waals surface area contributed by atoms with E-state index in [-0.39, 0.29) is 24.2 Å². The van der Waals surface area contributed by atoms with Gasteiger partial charge in [0, 0.05) is 35.4 Å². The van der Waals surface area contributed by atoms with E-state index in [2.05, 4.69) is 11.6 Å². The molecular formula is C18H21ClFN3O. The lowest BCUT2D eigenvalue weighted by Crippen LogP contribution is -2.34. The summed E-state index contributed by atoms with van der Waals surface area (Å²) in [4.78, 5) is 18.3. The highest BCUT2D eigenvalue weighted by atomic mass is 35.5. The molecule has 0 spiro atoms. The molecule has 1 heterocycles. The van der Waals surface area contributed by atoms with Gasteiger partial charge >= 0.3 is 0 Å². The quantitative estimate of drug-likeness (QED) is 0.711. The largest absolute Gasteiger partial charge is 0.331 e. The third kappa shape index (κ3) is 4.23. The minimum atomic E-state index is -0.358. The summed E-state index contributed by atoms with van der Waals surface area (Å²) in [6.45, 7) is 8.43. The number of carbonyl (C=O) groups is 1. The Balaban J connectivity index is 2.23. The summed E-state index contributed by atoms with van der Waals surface area (Å²) in [5.74, 6) is 0.219. The molecule has 4 nitrogen and oxygen atoms in total. The molecule has 0 aliphatic heterocycles. The van der Waals surface area contributed by atoms with Gasteiger partial charge in [0.15, 0.2) is 0 Å². The van der Waals surface area contributed by atoms with Gasteiger partial charge in [0.25, 0.3) is 0 Å². The lowest BCUT2D eigenvalue weighted by atomic mass is 10.2. The van der Waals surface area contributed by atoms with Gasteiger partial charge in [-0.3, -0.25) is 4.79 Å². The highest BCUT2D eigenvalue weighted by molar-refractivity contribution is 6.31. The van der Waals surface area contributed by atoms with Gasteiger partial charge in [0.2, 0.25) is 5.91 Å². The topological polar surface area (TPSA) is 38.1 Å². The van der Waals surface area contributed by atoms with Gasteiger partial charge in [0.1, 0.15) is 11.6 Å². The first-order valence-electron chi connectivity index (χ1n) is 7.76. The molecule has 2 aromatic rings. The number of halogens is 2. The van der Waals surface area contributed by atoms with Crippen molar-refractivity contribution < 1.29 is 9.18 Å². The molecule has 2 rings (SSSR count). The van der Waals surface area contributed by atoms with Crippen LogP contribution in [0.5, 0.6) is 0 Å². The van der Waals surface area contributed by atoms with Gasteiger partial charge in [-0.1, -0.05) is 37.6 Å². The van der Waals surface area contributed by atoms with E-state index in [4.69, 9.17) is 11.6 Å². The van der Waals surface area contributed by atoms with Crippen LogP contribution in [0, 0.1) is 11.7 Å². The fraction of sp³-hybridized carbons (Fsp3) is 0.333. The third-order valence-electron chi connectivity index (χ3n) is 3.68. The van der Waals surface area contributed by atoms with Crippen LogP contribution in [0.4, 0.5) is 4.39 Å². The predicted molar refractivity (Wildman–Crippen MR) is 93.2 cm³/mol. The zero-order valence-corrected chi connectivity index (χ0v) is 14.6. The molecule has 128 valence electrons. The van der Waals surface area contributed by atoms with Gasteiger partial charge in [-0.15, -0.1) is 6.58 Å². The summed E-state index contributed by atoms with van der Waals surface area (Å²) in [6.07, 6.45) is 5.07. The molecule has 1 aromatic heterocycles. The Bertz CT molecular complexity index is 707. The van der Waals surface area contributed by atoms with Crippen molar-refractivity contribution in [3.8, 4) is 0 Å². The summed E-state index contributed by atoms with van der Waals surface area (Å²) in [5.41, 5.74) is 0.406. The summed E-state index contributed by atoms with van der Waals surface area (Å²) in [6, 6.07) is 4.61. The molecule has 0 saturated heterocycles. The minimum Gasteiger partial charge on any atom is -0.331 e. The molecule has 6 heteroatoms. The van der Waals surface area contributed by atoms with Gasteiger partial charge in [-0.2, -0.15) is 0 Å². The summed E-state index contributed by atoms with van der Waals surface area (Å²) >= 11 is 6.09. The highest BCUT2D eigenvalue weighted by Crippen LogP contribution is 2.21. The van der Waals surface area contributed by atoms with E-state index in [1.807, 2.05) is 13.8 Å².